The molecule has 0 unspecified atom stereocenters. The van der Waals surface area contributed by atoms with Gasteiger partial charge in [-0.2, -0.15) is 0 Å². The van der Waals surface area contributed by atoms with Gasteiger partial charge in [-0.3, -0.25) is 4.79 Å². The van der Waals surface area contributed by atoms with E-state index in [0.29, 0.717) is 11.3 Å². The molecule has 1 aromatic heterocycles. The highest BCUT2D eigenvalue weighted by atomic mass is 32.1. The average molecular weight is 243 g/mol. The van der Waals surface area contributed by atoms with Gasteiger partial charge in [-0.1, -0.05) is 6.92 Å². The lowest BCUT2D eigenvalue weighted by Gasteiger charge is -2.29. The van der Waals surface area contributed by atoms with E-state index in [2.05, 4.69) is 5.32 Å². The third-order valence-electron chi connectivity index (χ3n) is 2.73. The van der Waals surface area contributed by atoms with Crippen LogP contribution in [0, 0.1) is 6.92 Å². The Morgan fingerprint density at radius 2 is 2.12 bits per heavy atom. The molecule has 0 aromatic carbocycles. The molecule has 1 aromatic rings. The normalized spacial score (nSPS) is 11.5. The van der Waals surface area contributed by atoms with Gasteiger partial charge in [0.1, 0.15) is 0 Å². The van der Waals surface area contributed by atoms with Gasteiger partial charge in [-0.25, -0.2) is 0 Å². The maximum atomic E-state index is 11.9. The van der Waals surface area contributed by atoms with Crippen LogP contribution in [0.1, 0.15) is 28.6 Å². The molecule has 1 rings (SSSR count). The predicted molar refractivity (Wildman–Crippen MR) is 63.7 cm³/mol. The van der Waals surface area contributed by atoms with Crippen LogP contribution in [-0.4, -0.2) is 34.9 Å². The summed E-state index contributed by atoms with van der Waals surface area (Å²) >= 11 is 1.35. The Bertz CT molecular complexity index is 350. The summed E-state index contributed by atoms with van der Waals surface area (Å²) in [6, 6.07) is 1.87. The van der Waals surface area contributed by atoms with Crippen molar-refractivity contribution in [2.24, 2.45) is 0 Å². The van der Waals surface area contributed by atoms with E-state index >= 15 is 0 Å². The van der Waals surface area contributed by atoms with Gasteiger partial charge in [-0.15, -0.1) is 11.3 Å². The fraction of sp³-hybridized carbons (Fsp3) is 0.545. The molecule has 0 spiro atoms. The lowest BCUT2D eigenvalue weighted by molar-refractivity contribution is 0.0655. The molecule has 1 amide bonds. The molecule has 0 saturated heterocycles. The monoisotopic (exact) mass is 243 g/mol. The molecular weight excluding hydrogens is 226 g/mol. The zero-order valence-corrected chi connectivity index (χ0v) is 10.3. The second-order valence-electron chi connectivity index (χ2n) is 3.84. The highest BCUT2D eigenvalue weighted by molar-refractivity contribution is 7.12. The minimum Gasteiger partial charge on any atom is -0.394 e. The second kappa shape index (κ2) is 5.43. The first-order chi connectivity index (χ1) is 7.58. The first-order valence-corrected chi connectivity index (χ1v) is 6.05. The van der Waals surface area contributed by atoms with E-state index in [0.717, 1.165) is 5.56 Å². The van der Waals surface area contributed by atoms with Gasteiger partial charge in [0.2, 0.25) is 0 Å². The molecule has 0 atom stereocenters. The number of nitrogens with one attached hydrogen (secondary N) is 1. The molecule has 0 radical (unpaired) electrons. The number of amides is 1. The molecular formula is C11H17NO3S. The molecule has 1 heterocycles. The molecule has 3 N–H and O–H groups in total. The van der Waals surface area contributed by atoms with Crippen LogP contribution in [0.5, 0.6) is 0 Å². The Kier molecular flexibility index (Phi) is 4.46. The average Bonchev–Trinajstić information content (AvgIpc) is 2.72. The summed E-state index contributed by atoms with van der Waals surface area (Å²) in [6.07, 6.45) is 0.482. The number of hydrogen-bond donors (Lipinski definition) is 3. The minimum absolute atomic E-state index is 0.238. The maximum Gasteiger partial charge on any atom is 0.262 e. The molecule has 4 nitrogen and oxygen atoms in total. The quantitative estimate of drug-likeness (QED) is 0.720. The Labute approximate surface area is 98.9 Å². The van der Waals surface area contributed by atoms with Crippen molar-refractivity contribution in [1.82, 2.24) is 5.32 Å². The van der Waals surface area contributed by atoms with E-state index in [1.807, 2.05) is 25.3 Å². The van der Waals surface area contributed by atoms with Crippen molar-refractivity contribution in [3.05, 3.63) is 21.9 Å². The van der Waals surface area contributed by atoms with Crippen molar-refractivity contribution in [1.29, 1.82) is 0 Å². The summed E-state index contributed by atoms with van der Waals surface area (Å²) < 4.78 is 0. The van der Waals surface area contributed by atoms with Gasteiger partial charge < -0.3 is 15.5 Å². The lowest BCUT2D eigenvalue weighted by atomic mass is 9.98. The van der Waals surface area contributed by atoms with E-state index in [1.165, 1.54) is 11.3 Å². The van der Waals surface area contributed by atoms with Crippen LogP contribution in [0.3, 0.4) is 0 Å². The van der Waals surface area contributed by atoms with Crippen LogP contribution >= 0.6 is 11.3 Å². The topological polar surface area (TPSA) is 69.6 Å². The van der Waals surface area contributed by atoms with Crippen molar-refractivity contribution >= 4 is 17.2 Å². The van der Waals surface area contributed by atoms with Gasteiger partial charge in [-0.05, 0) is 30.4 Å². The van der Waals surface area contributed by atoms with Crippen molar-refractivity contribution in [3.8, 4) is 0 Å². The summed E-state index contributed by atoms with van der Waals surface area (Å²) in [6.45, 7) is 3.14. The largest absolute Gasteiger partial charge is 0.394 e. The zero-order valence-electron chi connectivity index (χ0n) is 9.49. The highest BCUT2D eigenvalue weighted by Gasteiger charge is 2.29. The number of aliphatic hydroxyl groups excluding tert-OH is 2. The van der Waals surface area contributed by atoms with E-state index in [4.69, 9.17) is 0 Å². The van der Waals surface area contributed by atoms with Gasteiger partial charge in [0, 0.05) is 0 Å². The molecule has 0 bridgehead atoms. The van der Waals surface area contributed by atoms with Gasteiger partial charge >= 0.3 is 0 Å². The standard InChI is InChI=1S/C11H17NO3S/c1-3-11(6-13,7-14)12-10(15)9-8(2)4-5-16-9/h4-5,13-14H,3,6-7H2,1-2H3,(H,12,15). The number of aryl methyl sites for hydroxylation is 1. The zero-order chi connectivity index (χ0) is 12.2. The molecule has 0 aliphatic rings. The number of rotatable bonds is 5. The van der Waals surface area contributed by atoms with E-state index in [9.17, 15) is 15.0 Å². The molecule has 5 heteroatoms. The van der Waals surface area contributed by atoms with Crippen molar-refractivity contribution in [2.75, 3.05) is 13.2 Å². The summed E-state index contributed by atoms with van der Waals surface area (Å²) in [5, 5.41) is 23.0. The SMILES string of the molecule is CCC(CO)(CO)NC(=O)c1sccc1C. The Morgan fingerprint density at radius 3 is 2.50 bits per heavy atom. The molecule has 0 aliphatic carbocycles. The number of carbonyl (C=O) groups is 1. The summed E-state index contributed by atoms with van der Waals surface area (Å²) in [7, 11) is 0. The fourth-order valence-electron chi connectivity index (χ4n) is 1.34. The number of hydrogen-bond acceptors (Lipinski definition) is 4. The molecule has 0 saturated carbocycles. The maximum absolute atomic E-state index is 11.9. The van der Waals surface area contributed by atoms with Crippen LogP contribution in [0.2, 0.25) is 0 Å². The molecule has 90 valence electrons. The Hall–Kier alpha value is -0.910. The Morgan fingerprint density at radius 1 is 1.50 bits per heavy atom. The summed E-state index contributed by atoms with van der Waals surface area (Å²) in [5.74, 6) is -0.238. The number of thiophene rings is 1. The smallest absolute Gasteiger partial charge is 0.262 e. The third kappa shape index (κ3) is 2.61. The highest BCUT2D eigenvalue weighted by Crippen LogP contribution is 2.17. The van der Waals surface area contributed by atoms with Crippen molar-refractivity contribution in [2.45, 2.75) is 25.8 Å². The van der Waals surface area contributed by atoms with Gasteiger partial charge in [0.15, 0.2) is 0 Å². The molecule has 16 heavy (non-hydrogen) atoms. The van der Waals surface area contributed by atoms with E-state index in [-0.39, 0.29) is 19.1 Å². The van der Waals surface area contributed by atoms with Crippen molar-refractivity contribution < 1.29 is 15.0 Å². The van der Waals surface area contributed by atoms with Crippen molar-refractivity contribution in [3.63, 3.8) is 0 Å². The van der Waals surface area contributed by atoms with Crippen LogP contribution in [0.15, 0.2) is 11.4 Å². The number of carbonyl (C=O) groups excluding carboxylic acids is 1. The van der Waals surface area contributed by atoms with E-state index in [1.54, 1.807) is 0 Å². The van der Waals surface area contributed by atoms with Gasteiger partial charge in [0.05, 0.1) is 23.6 Å². The van der Waals surface area contributed by atoms with Crippen LogP contribution in [-0.2, 0) is 0 Å². The fourth-order valence-corrected chi connectivity index (χ4v) is 2.16. The van der Waals surface area contributed by atoms with Crippen LogP contribution in [0.4, 0.5) is 0 Å². The van der Waals surface area contributed by atoms with Gasteiger partial charge in [0.25, 0.3) is 5.91 Å². The first-order valence-electron chi connectivity index (χ1n) is 5.17. The summed E-state index contributed by atoms with van der Waals surface area (Å²) in [4.78, 5) is 12.5. The molecule has 0 aliphatic heterocycles. The van der Waals surface area contributed by atoms with Crippen LogP contribution in [0.25, 0.3) is 0 Å². The first kappa shape index (κ1) is 13.2. The van der Waals surface area contributed by atoms with Crippen LogP contribution < -0.4 is 5.32 Å². The second-order valence-corrected chi connectivity index (χ2v) is 4.75. The summed E-state index contributed by atoms with van der Waals surface area (Å²) in [5.41, 5.74) is -0.0172. The molecule has 0 fully saturated rings. The Balaban J connectivity index is 2.81. The minimum atomic E-state index is -0.923. The number of aliphatic hydroxyl groups is 2. The third-order valence-corrected chi connectivity index (χ3v) is 3.74. The van der Waals surface area contributed by atoms with E-state index < -0.39 is 5.54 Å². The predicted octanol–water partition coefficient (Wildman–Crippen LogP) is 0.920. The lowest BCUT2D eigenvalue weighted by Crippen LogP contribution is -2.53.